The van der Waals surface area contributed by atoms with E-state index in [1.165, 1.54) is 26.2 Å². The van der Waals surface area contributed by atoms with Crippen molar-refractivity contribution in [3.63, 3.8) is 0 Å². The molecule has 26 heavy (non-hydrogen) atoms. The van der Waals surface area contributed by atoms with Gasteiger partial charge in [0.1, 0.15) is 0 Å². The van der Waals surface area contributed by atoms with E-state index in [9.17, 15) is 4.79 Å². The van der Waals surface area contributed by atoms with Crippen LogP contribution in [0.1, 0.15) is 0 Å². The quantitative estimate of drug-likeness (QED) is 0.371. The van der Waals surface area contributed by atoms with Crippen molar-refractivity contribution in [3.05, 3.63) is 103 Å². The van der Waals surface area contributed by atoms with Crippen molar-refractivity contribution in [1.29, 1.82) is 0 Å². The summed E-state index contributed by atoms with van der Waals surface area (Å²) in [5.74, 6) is -0.343. The van der Waals surface area contributed by atoms with E-state index in [0.29, 0.717) is 0 Å². The zero-order chi connectivity index (χ0) is 18.2. The van der Waals surface area contributed by atoms with E-state index in [1.807, 2.05) is 24.3 Å². The molecule has 0 saturated carbocycles. The number of carbonyl (C=O) groups excluding carboxylic acids is 1. The molecule has 0 spiro atoms. The maximum atomic E-state index is 11.6. The normalized spacial score (nSPS) is 11.3. The van der Waals surface area contributed by atoms with Crippen LogP contribution in [0.25, 0.3) is 0 Å². The zero-order valence-electron chi connectivity index (χ0n) is 14.7. The molecule has 0 N–H and O–H groups in total. The molecule has 130 valence electrons. The minimum atomic E-state index is -2.88. The second-order valence-electron chi connectivity index (χ2n) is 5.76. The molecule has 0 radical (unpaired) electrons. The van der Waals surface area contributed by atoms with Crippen LogP contribution in [-0.2, 0) is 9.53 Å². The Bertz CT molecular complexity index is 826. The zero-order valence-corrected chi connectivity index (χ0v) is 16.5. The SMILES string of the molecule is COC(=O)C=CC=[As](c1ccccc1)(c1ccccc1)c1ccccc1. The standard InChI is InChI=1S/C23H21AsO2/c1-26-23(25)18-11-19-24(20-12-5-2-6-13-20,21-14-7-3-8-15-21)22-16-9-4-10-17-22/h2-19H,1H3. The summed E-state index contributed by atoms with van der Waals surface area (Å²) in [5.41, 5.74) is 0. The molecule has 0 atom stereocenters. The van der Waals surface area contributed by atoms with Crippen LogP contribution in [0, 0.1) is 0 Å². The van der Waals surface area contributed by atoms with Gasteiger partial charge in [-0.05, 0) is 0 Å². The molecule has 0 bridgehead atoms. The van der Waals surface area contributed by atoms with Crippen LogP contribution >= 0.6 is 0 Å². The Morgan fingerprint density at radius 1 is 0.731 bits per heavy atom. The number of ether oxygens (including phenoxy) is 1. The van der Waals surface area contributed by atoms with E-state index in [4.69, 9.17) is 4.74 Å². The molecule has 0 aliphatic rings. The fraction of sp³-hybridized carbons (Fsp3) is 0.0435. The average Bonchev–Trinajstić information content (AvgIpc) is 2.73. The van der Waals surface area contributed by atoms with Crippen molar-refractivity contribution in [2.45, 2.75) is 0 Å². The minimum absolute atomic E-state index is 0.343. The van der Waals surface area contributed by atoms with Crippen molar-refractivity contribution in [2.24, 2.45) is 0 Å². The summed E-state index contributed by atoms with van der Waals surface area (Å²) in [6.45, 7) is 0. The van der Waals surface area contributed by atoms with Gasteiger partial charge in [0.2, 0.25) is 0 Å². The predicted octanol–water partition coefficient (Wildman–Crippen LogP) is 2.27. The Hall–Kier alpha value is -2.70. The van der Waals surface area contributed by atoms with E-state index in [0.717, 1.165) is 0 Å². The number of methoxy groups -OCH3 is 1. The molecule has 2 nitrogen and oxygen atoms in total. The fourth-order valence-corrected chi connectivity index (χ4v) is 10.7. The molecule has 3 aromatic rings. The summed E-state index contributed by atoms with van der Waals surface area (Å²) in [5, 5.41) is 0. The Balaban J connectivity index is 2.34. The van der Waals surface area contributed by atoms with Crippen LogP contribution in [0.4, 0.5) is 0 Å². The van der Waals surface area contributed by atoms with E-state index in [-0.39, 0.29) is 5.97 Å². The van der Waals surface area contributed by atoms with Crippen molar-refractivity contribution >= 4 is 36.9 Å². The van der Waals surface area contributed by atoms with Gasteiger partial charge in [0.25, 0.3) is 0 Å². The number of allylic oxidation sites excluding steroid dienone is 1. The van der Waals surface area contributed by atoms with Crippen LogP contribution in [0.15, 0.2) is 103 Å². The predicted molar refractivity (Wildman–Crippen MR) is 111 cm³/mol. The number of carbonyl (C=O) groups is 1. The van der Waals surface area contributed by atoms with Gasteiger partial charge in [-0.2, -0.15) is 0 Å². The molecule has 3 aromatic carbocycles. The van der Waals surface area contributed by atoms with Gasteiger partial charge in [0.05, 0.1) is 0 Å². The average molecular weight is 404 g/mol. The second-order valence-corrected chi connectivity index (χ2v) is 12.7. The van der Waals surface area contributed by atoms with Gasteiger partial charge in [0, 0.05) is 0 Å². The monoisotopic (exact) mass is 404 g/mol. The molecule has 0 aliphatic heterocycles. The molecule has 0 amide bonds. The molecule has 0 unspecified atom stereocenters. The summed E-state index contributed by atoms with van der Waals surface area (Å²) in [6, 6.07) is 31.7. The molecule has 0 aromatic heterocycles. The van der Waals surface area contributed by atoms with Crippen LogP contribution < -0.4 is 13.1 Å². The summed E-state index contributed by atoms with van der Waals surface area (Å²) < 4.78 is 8.67. The number of rotatable bonds is 5. The van der Waals surface area contributed by atoms with Crippen molar-refractivity contribution in [3.8, 4) is 0 Å². The fourth-order valence-electron chi connectivity index (χ4n) is 3.01. The Morgan fingerprint density at radius 3 is 1.46 bits per heavy atom. The van der Waals surface area contributed by atoms with Gasteiger partial charge < -0.3 is 0 Å². The Morgan fingerprint density at radius 2 is 1.12 bits per heavy atom. The molecule has 0 heterocycles. The van der Waals surface area contributed by atoms with Crippen molar-refractivity contribution in [2.75, 3.05) is 7.11 Å². The number of esters is 1. The van der Waals surface area contributed by atoms with Gasteiger partial charge in [-0.3, -0.25) is 0 Å². The topological polar surface area (TPSA) is 26.3 Å². The molecule has 0 saturated heterocycles. The number of hydrogen-bond donors (Lipinski definition) is 0. The van der Waals surface area contributed by atoms with Crippen LogP contribution in [0.2, 0.25) is 0 Å². The van der Waals surface area contributed by atoms with Gasteiger partial charge in [0.15, 0.2) is 0 Å². The van der Waals surface area contributed by atoms with Crippen molar-refractivity contribution in [1.82, 2.24) is 0 Å². The van der Waals surface area contributed by atoms with Gasteiger partial charge in [-0.15, -0.1) is 0 Å². The first-order chi connectivity index (χ1) is 12.8. The molecule has 0 fully saturated rings. The van der Waals surface area contributed by atoms with Crippen molar-refractivity contribution < 1.29 is 9.53 Å². The molecule has 3 rings (SSSR count). The molecule has 3 heteroatoms. The summed E-state index contributed by atoms with van der Waals surface area (Å²) in [6.07, 6.45) is 3.34. The molecular weight excluding hydrogens is 383 g/mol. The molecule has 0 aliphatic carbocycles. The van der Waals surface area contributed by atoms with Crippen LogP contribution in [-0.4, -0.2) is 31.0 Å². The van der Waals surface area contributed by atoms with Gasteiger partial charge in [-0.25, -0.2) is 0 Å². The van der Waals surface area contributed by atoms with Crippen LogP contribution in [0.3, 0.4) is 0 Å². The first-order valence-electron chi connectivity index (χ1n) is 8.43. The van der Waals surface area contributed by atoms with E-state index < -0.39 is 13.1 Å². The van der Waals surface area contributed by atoms with Gasteiger partial charge >= 0.3 is 157 Å². The number of benzene rings is 3. The Labute approximate surface area is 156 Å². The van der Waals surface area contributed by atoms with E-state index >= 15 is 0 Å². The number of hydrogen-bond acceptors (Lipinski definition) is 2. The second kappa shape index (κ2) is 8.60. The van der Waals surface area contributed by atoms with Crippen LogP contribution in [0.5, 0.6) is 0 Å². The van der Waals surface area contributed by atoms with E-state index in [1.54, 1.807) is 0 Å². The van der Waals surface area contributed by atoms with Gasteiger partial charge in [-0.1, -0.05) is 0 Å². The summed E-state index contributed by atoms with van der Waals surface area (Å²) in [4.78, 5) is 13.8. The first kappa shape index (κ1) is 18.1. The maximum absolute atomic E-state index is 11.6. The third-order valence-corrected chi connectivity index (χ3v) is 12.5. The van der Waals surface area contributed by atoms with E-state index in [2.05, 4.69) is 77.6 Å². The third-order valence-electron chi connectivity index (χ3n) is 4.23. The summed E-state index contributed by atoms with van der Waals surface area (Å²) in [7, 11) is 1.39. The summed E-state index contributed by atoms with van der Waals surface area (Å²) >= 11 is -2.88. The third kappa shape index (κ3) is 3.76. The first-order valence-corrected chi connectivity index (χ1v) is 12.3. The molecular formula is C23H21AsO2. The Kier molecular flexibility index (Phi) is 5.99.